The summed E-state index contributed by atoms with van der Waals surface area (Å²) in [5.41, 5.74) is 8.38. The molecule has 1 heterocycles. The SMILES string of the molecule is C[C@@H]1C2=C(CC[C@@H]2CC(NC(=O)NCc2ccc(Cl)cc2)c2ccccc2)Cc2c1cnn2-c1ccc(F)cc1. The summed E-state index contributed by atoms with van der Waals surface area (Å²) in [7, 11) is 0. The number of carbonyl (C=O) groups excluding carboxylic acids is 1. The van der Waals surface area contributed by atoms with Crippen LogP contribution in [0.25, 0.3) is 5.69 Å². The molecule has 204 valence electrons. The van der Waals surface area contributed by atoms with Crippen LogP contribution in [0, 0.1) is 11.7 Å². The van der Waals surface area contributed by atoms with Crippen molar-refractivity contribution in [2.75, 3.05) is 0 Å². The Hall–Kier alpha value is -3.90. The molecule has 2 aliphatic rings. The maximum atomic E-state index is 13.5. The molecule has 1 aromatic heterocycles. The van der Waals surface area contributed by atoms with Crippen LogP contribution < -0.4 is 10.6 Å². The van der Waals surface area contributed by atoms with E-state index in [-0.39, 0.29) is 23.8 Å². The quantitative estimate of drug-likeness (QED) is 0.230. The Morgan fingerprint density at radius 1 is 1.07 bits per heavy atom. The average molecular weight is 555 g/mol. The van der Waals surface area contributed by atoms with Gasteiger partial charge in [-0.25, -0.2) is 13.9 Å². The Labute approximate surface area is 239 Å². The van der Waals surface area contributed by atoms with Gasteiger partial charge in [-0.3, -0.25) is 0 Å². The summed E-state index contributed by atoms with van der Waals surface area (Å²) in [4.78, 5) is 13.0. The summed E-state index contributed by atoms with van der Waals surface area (Å²) in [5, 5.41) is 11.6. The molecule has 2 amide bonds. The number of urea groups is 1. The normalized spacial score (nSPS) is 18.7. The van der Waals surface area contributed by atoms with E-state index in [9.17, 15) is 9.18 Å². The van der Waals surface area contributed by atoms with Gasteiger partial charge in [0.25, 0.3) is 0 Å². The van der Waals surface area contributed by atoms with Crippen LogP contribution in [0.2, 0.25) is 5.02 Å². The third kappa shape index (κ3) is 5.41. The summed E-state index contributed by atoms with van der Waals surface area (Å²) in [5.74, 6) is 0.367. The first-order chi connectivity index (χ1) is 19.5. The minimum atomic E-state index is -0.248. The van der Waals surface area contributed by atoms with E-state index in [2.05, 4.69) is 29.7 Å². The van der Waals surface area contributed by atoms with Gasteiger partial charge in [0.2, 0.25) is 0 Å². The van der Waals surface area contributed by atoms with Gasteiger partial charge in [-0.15, -0.1) is 0 Å². The van der Waals surface area contributed by atoms with E-state index in [0.717, 1.165) is 42.5 Å². The molecule has 0 spiro atoms. The first-order valence-electron chi connectivity index (χ1n) is 13.8. The highest BCUT2D eigenvalue weighted by molar-refractivity contribution is 6.30. The Kier molecular flexibility index (Phi) is 7.44. The molecule has 0 radical (unpaired) electrons. The van der Waals surface area contributed by atoms with E-state index in [1.807, 2.05) is 53.3 Å². The molecule has 2 N–H and O–H groups in total. The Morgan fingerprint density at radius 3 is 2.58 bits per heavy atom. The molecule has 3 aromatic carbocycles. The lowest BCUT2D eigenvalue weighted by molar-refractivity contribution is 0.234. The summed E-state index contributed by atoms with van der Waals surface area (Å²) < 4.78 is 15.5. The van der Waals surface area contributed by atoms with Gasteiger partial charge in [0.05, 0.1) is 23.6 Å². The molecule has 0 saturated carbocycles. The lowest BCUT2D eigenvalue weighted by Crippen LogP contribution is -2.38. The van der Waals surface area contributed by atoms with Crippen molar-refractivity contribution < 1.29 is 9.18 Å². The largest absolute Gasteiger partial charge is 0.334 e. The smallest absolute Gasteiger partial charge is 0.315 e. The lowest BCUT2D eigenvalue weighted by Gasteiger charge is -2.30. The predicted octanol–water partition coefficient (Wildman–Crippen LogP) is 7.66. The fourth-order valence-corrected chi connectivity index (χ4v) is 6.50. The van der Waals surface area contributed by atoms with Crippen molar-refractivity contribution in [2.24, 2.45) is 5.92 Å². The molecule has 4 aromatic rings. The number of nitrogens with one attached hydrogen (secondary N) is 2. The second-order valence-corrected chi connectivity index (χ2v) is 11.2. The maximum absolute atomic E-state index is 13.5. The van der Waals surface area contributed by atoms with Crippen molar-refractivity contribution in [1.82, 2.24) is 20.4 Å². The summed E-state index contributed by atoms with van der Waals surface area (Å²) in [6.07, 6.45) is 5.78. The topological polar surface area (TPSA) is 59.0 Å². The average Bonchev–Trinajstić information content (AvgIpc) is 3.58. The minimum Gasteiger partial charge on any atom is -0.334 e. The van der Waals surface area contributed by atoms with Gasteiger partial charge >= 0.3 is 6.03 Å². The molecule has 0 fully saturated rings. The van der Waals surface area contributed by atoms with Crippen LogP contribution in [-0.4, -0.2) is 15.8 Å². The van der Waals surface area contributed by atoms with Crippen molar-refractivity contribution in [3.05, 3.63) is 129 Å². The number of hydrogen-bond acceptors (Lipinski definition) is 2. The number of hydrogen-bond donors (Lipinski definition) is 2. The van der Waals surface area contributed by atoms with Gasteiger partial charge in [-0.1, -0.05) is 72.1 Å². The Bertz CT molecular complexity index is 1530. The zero-order chi connectivity index (χ0) is 27.6. The Balaban J connectivity index is 1.19. The molecule has 5 nitrogen and oxygen atoms in total. The standard InChI is InChI=1S/C33H32ClFN4O/c1-21-29-20-37-39(28-15-13-27(35)14-16-28)31(29)18-25-10-9-24(32(21)25)17-30(23-5-3-2-4-6-23)38-33(40)36-19-22-7-11-26(34)12-8-22/h2-8,11-16,20-21,24,30H,9-10,17-19H2,1H3,(H2,36,38,40)/t21-,24+,30?/m0/s1. The van der Waals surface area contributed by atoms with Crippen LogP contribution in [0.15, 0.2) is 96.2 Å². The molecule has 6 rings (SSSR count). The summed E-state index contributed by atoms with van der Waals surface area (Å²) in [6, 6.07) is 23.9. The van der Waals surface area contributed by atoms with Gasteiger partial charge in [0.15, 0.2) is 0 Å². The molecular formula is C33H32ClFN4O. The molecular weight excluding hydrogens is 523 g/mol. The highest BCUT2D eigenvalue weighted by Crippen LogP contribution is 2.49. The molecule has 0 saturated heterocycles. The van der Waals surface area contributed by atoms with Crippen LogP contribution in [0.3, 0.4) is 0 Å². The van der Waals surface area contributed by atoms with E-state index in [1.165, 1.54) is 34.5 Å². The number of rotatable bonds is 7. The highest BCUT2D eigenvalue weighted by Gasteiger charge is 2.37. The third-order valence-electron chi connectivity index (χ3n) is 8.32. The van der Waals surface area contributed by atoms with Gasteiger partial charge in [0.1, 0.15) is 5.82 Å². The number of amides is 2. The van der Waals surface area contributed by atoms with Gasteiger partial charge in [-0.05, 0) is 72.7 Å². The number of halogens is 2. The van der Waals surface area contributed by atoms with E-state index in [4.69, 9.17) is 16.7 Å². The van der Waals surface area contributed by atoms with Crippen LogP contribution in [0.5, 0.6) is 0 Å². The Morgan fingerprint density at radius 2 is 1.82 bits per heavy atom. The van der Waals surface area contributed by atoms with E-state index in [1.54, 1.807) is 12.1 Å². The number of allylic oxidation sites excluding steroid dienone is 2. The van der Waals surface area contributed by atoms with Crippen LogP contribution in [0.4, 0.5) is 9.18 Å². The molecule has 2 aliphatic carbocycles. The van der Waals surface area contributed by atoms with E-state index in [0.29, 0.717) is 17.5 Å². The molecule has 40 heavy (non-hydrogen) atoms. The van der Waals surface area contributed by atoms with Crippen molar-refractivity contribution >= 4 is 17.6 Å². The molecule has 7 heteroatoms. The van der Waals surface area contributed by atoms with Gasteiger partial charge in [0, 0.05) is 29.5 Å². The first-order valence-corrected chi connectivity index (χ1v) is 14.2. The number of benzene rings is 3. The van der Waals surface area contributed by atoms with E-state index >= 15 is 0 Å². The van der Waals surface area contributed by atoms with Crippen molar-refractivity contribution in [1.29, 1.82) is 0 Å². The fraction of sp³-hybridized carbons (Fsp3) is 0.273. The second-order valence-electron chi connectivity index (χ2n) is 10.8. The predicted molar refractivity (Wildman–Crippen MR) is 156 cm³/mol. The maximum Gasteiger partial charge on any atom is 0.315 e. The van der Waals surface area contributed by atoms with Crippen molar-refractivity contribution in [3.63, 3.8) is 0 Å². The van der Waals surface area contributed by atoms with Crippen molar-refractivity contribution in [3.8, 4) is 5.69 Å². The molecule has 0 aliphatic heterocycles. The third-order valence-corrected chi connectivity index (χ3v) is 8.57. The highest BCUT2D eigenvalue weighted by atomic mass is 35.5. The van der Waals surface area contributed by atoms with Crippen molar-refractivity contribution in [2.45, 2.75) is 51.1 Å². The number of aromatic nitrogens is 2. The minimum absolute atomic E-state index is 0.112. The summed E-state index contributed by atoms with van der Waals surface area (Å²) in [6.45, 7) is 2.70. The molecule has 0 bridgehead atoms. The number of fused-ring (bicyclic) bond motifs is 1. The zero-order valence-corrected chi connectivity index (χ0v) is 23.2. The van der Waals surface area contributed by atoms with Crippen LogP contribution >= 0.6 is 11.6 Å². The van der Waals surface area contributed by atoms with Crippen LogP contribution in [0.1, 0.15) is 60.5 Å². The fourth-order valence-electron chi connectivity index (χ4n) is 6.37. The molecule has 3 atom stereocenters. The monoisotopic (exact) mass is 554 g/mol. The zero-order valence-electron chi connectivity index (χ0n) is 22.4. The van der Waals surface area contributed by atoms with Gasteiger partial charge in [-0.2, -0.15) is 5.10 Å². The first kappa shape index (κ1) is 26.3. The number of carbonyl (C=O) groups is 1. The van der Waals surface area contributed by atoms with E-state index < -0.39 is 0 Å². The summed E-state index contributed by atoms with van der Waals surface area (Å²) >= 11 is 5.99. The van der Waals surface area contributed by atoms with Crippen LogP contribution in [-0.2, 0) is 13.0 Å². The molecule has 1 unspecified atom stereocenters. The van der Waals surface area contributed by atoms with Gasteiger partial charge < -0.3 is 10.6 Å². The number of nitrogens with zero attached hydrogens (tertiary/aromatic N) is 2. The second kappa shape index (κ2) is 11.3. The lowest BCUT2D eigenvalue weighted by atomic mass is 9.78.